The van der Waals surface area contributed by atoms with Crippen molar-refractivity contribution < 1.29 is 9.53 Å². The molecule has 32 heavy (non-hydrogen) atoms. The number of carbonyl (C=O) groups excluding carboxylic acids is 1. The first-order valence-electron chi connectivity index (χ1n) is 10.5. The quantitative estimate of drug-likeness (QED) is 0.409. The fraction of sp³-hybridized carbons (Fsp3) is 0.261. The Bertz CT molecular complexity index is 1230. The van der Waals surface area contributed by atoms with Crippen LogP contribution in [0.5, 0.6) is 5.75 Å². The number of thiazole rings is 2. The Morgan fingerprint density at radius 1 is 1.12 bits per heavy atom. The molecule has 1 aliphatic rings. The standard InChI is InChI=1S/C23H23N5O2S2/c24-22-25-17(14-31-22)13-30-19-5-3-4-18-20(19)32-23(26-18)27-21(29)16-8-6-15(7-9-16)12-28-10-1-2-11-28/h3-9,14H,1-2,10-13H2,(H2,24,25)(H,26,27,29). The van der Waals surface area contributed by atoms with E-state index >= 15 is 0 Å². The van der Waals surface area contributed by atoms with Gasteiger partial charge in [0.25, 0.3) is 5.91 Å². The van der Waals surface area contributed by atoms with Gasteiger partial charge in [0.1, 0.15) is 12.4 Å². The summed E-state index contributed by atoms with van der Waals surface area (Å²) >= 11 is 2.78. The monoisotopic (exact) mass is 465 g/mol. The molecule has 0 unspecified atom stereocenters. The molecule has 1 aliphatic heterocycles. The van der Waals surface area contributed by atoms with Crippen LogP contribution in [0.1, 0.15) is 34.5 Å². The molecule has 0 bridgehead atoms. The molecule has 164 valence electrons. The van der Waals surface area contributed by atoms with Gasteiger partial charge in [-0.2, -0.15) is 0 Å². The van der Waals surface area contributed by atoms with Crippen molar-refractivity contribution >= 4 is 49.1 Å². The molecule has 0 aliphatic carbocycles. The number of ether oxygens (including phenoxy) is 1. The van der Waals surface area contributed by atoms with Crippen LogP contribution in [0.25, 0.3) is 10.2 Å². The molecule has 9 heteroatoms. The highest BCUT2D eigenvalue weighted by molar-refractivity contribution is 7.22. The van der Waals surface area contributed by atoms with Crippen molar-refractivity contribution in [1.29, 1.82) is 0 Å². The summed E-state index contributed by atoms with van der Waals surface area (Å²) in [5, 5.41) is 5.86. The first kappa shape index (κ1) is 20.9. The van der Waals surface area contributed by atoms with Crippen LogP contribution in [0, 0.1) is 0 Å². The highest BCUT2D eigenvalue weighted by Crippen LogP contribution is 2.34. The van der Waals surface area contributed by atoms with E-state index in [2.05, 4.69) is 20.2 Å². The van der Waals surface area contributed by atoms with Crippen LogP contribution >= 0.6 is 22.7 Å². The minimum absolute atomic E-state index is 0.169. The van der Waals surface area contributed by atoms with Gasteiger partial charge in [0.05, 0.1) is 15.9 Å². The molecule has 0 saturated carbocycles. The van der Waals surface area contributed by atoms with Crippen LogP contribution in [-0.2, 0) is 13.2 Å². The maximum absolute atomic E-state index is 12.7. The molecule has 0 spiro atoms. The van der Waals surface area contributed by atoms with Gasteiger partial charge in [-0.3, -0.25) is 15.0 Å². The van der Waals surface area contributed by atoms with Gasteiger partial charge in [-0.25, -0.2) is 9.97 Å². The minimum Gasteiger partial charge on any atom is -0.486 e. The lowest BCUT2D eigenvalue weighted by Gasteiger charge is -2.14. The Labute approximate surface area is 193 Å². The maximum atomic E-state index is 12.7. The topological polar surface area (TPSA) is 93.4 Å². The molecule has 0 radical (unpaired) electrons. The van der Waals surface area contributed by atoms with Crippen LogP contribution in [0.15, 0.2) is 47.8 Å². The fourth-order valence-corrected chi connectivity index (χ4v) is 5.24. The Morgan fingerprint density at radius 2 is 1.94 bits per heavy atom. The second-order valence-corrected chi connectivity index (χ2v) is 9.61. The molecule has 1 fully saturated rings. The molecular weight excluding hydrogens is 442 g/mol. The molecule has 1 amide bonds. The number of hydrogen-bond acceptors (Lipinski definition) is 8. The number of likely N-dealkylation sites (tertiary alicyclic amines) is 1. The summed E-state index contributed by atoms with van der Waals surface area (Å²) < 4.78 is 6.81. The first-order valence-corrected chi connectivity index (χ1v) is 12.2. The highest BCUT2D eigenvalue weighted by Gasteiger charge is 2.15. The number of nitrogens with one attached hydrogen (secondary N) is 1. The number of nitrogen functional groups attached to an aromatic ring is 1. The summed E-state index contributed by atoms with van der Waals surface area (Å²) in [5.74, 6) is 0.538. The molecule has 5 rings (SSSR count). The Hall–Kier alpha value is -3.01. The van der Waals surface area contributed by atoms with E-state index in [1.54, 1.807) is 0 Å². The third kappa shape index (κ3) is 4.74. The number of hydrogen-bond donors (Lipinski definition) is 2. The van der Waals surface area contributed by atoms with Crippen molar-refractivity contribution in [2.45, 2.75) is 26.0 Å². The molecular formula is C23H23N5O2S2. The fourth-order valence-electron chi connectivity index (χ4n) is 3.76. The van der Waals surface area contributed by atoms with Crippen molar-refractivity contribution in [1.82, 2.24) is 14.9 Å². The van der Waals surface area contributed by atoms with E-state index in [1.807, 2.05) is 47.8 Å². The summed E-state index contributed by atoms with van der Waals surface area (Å²) in [4.78, 5) is 24.0. The number of amides is 1. The summed E-state index contributed by atoms with van der Waals surface area (Å²) in [6.45, 7) is 3.58. The largest absolute Gasteiger partial charge is 0.486 e. The second-order valence-electron chi connectivity index (χ2n) is 7.72. The SMILES string of the molecule is Nc1nc(COc2cccc3nc(NC(=O)c4ccc(CN5CCCC5)cc4)sc23)cs1. The van der Waals surface area contributed by atoms with Gasteiger partial charge in [0.2, 0.25) is 0 Å². The normalized spacial score (nSPS) is 14.1. The van der Waals surface area contributed by atoms with Gasteiger partial charge in [0, 0.05) is 17.5 Å². The lowest BCUT2D eigenvalue weighted by molar-refractivity contribution is 0.102. The van der Waals surface area contributed by atoms with E-state index in [0.717, 1.165) is 35.5 Å². The second kappa shape index (κ2) is 9.23. The average molecular weight is 466 g/mol. The lowest BCUT2D eigenvalue weighted by atomic mass is 10.1. The van der Waals surface area contributed by atoms with Crippen molar-refractivity contribution in [2.24, 2.45) is 0 Å². The van der Waals surface area contributed by atoms with E-state index in [-0.39, 0.29) is 5.91 Å². The Morgan fingerprint density at radius 3 is 2.69 bits per heavy atom. The van der Waals surface area contributed by atoms with Crippen LogP contribution in [-0.4, -0.2) is 33.9 Å². The zero-order valence-corrected chi connectivity index (χ0v) is 19.0. The predicted molar refractivity (Wildman–Crippen MR) is 129 cm³/mol. The number of carbonyl (C=O) groups is 1. The third-order valence-electron chi connectivity index (χ3n) is 5.37. The van der Waals surface area contributed by atoms with Crippen molar-refractivity contribution in [3.05, 3.63) is 64.7 Å². The average Bonchev–Trinajstić information content (AvgIpc) is 3.54. The number of fused-ring (bicyclic) bond motifs is 1. The van der Waals surface area contributed by atoms with Crippen molar-refractivity contribution in [2.75, 3.05) is 24.1 Å². The Kier molecular flexibility index (Phi) is 6.02. The van der Waals surface area contributed by atoms with Crippen LogP contribution < -0.4 is 15.8 Å². The van der Waals surface area contributed by atoms with Gasteiger partial charge in [-0.1, -0.05) is 29.5 Å². The predicted octanol–water partition coefficient (Wildman–Crippen LogP) is 4.76. The van der Waals surface area contributed by atoms with Gasteiger partial charge >= 0.3 is 0 Å². The zero-order valence-electron chi connectivity index (χ0n) is 17.4. The van der Waals surface area contributed by atoms with Crippen LogP contribution in [0.2, 0.25) is 0 Å². The number of rotatable bonds is 7. The molecule has 3 heterocycles. The van der Waals surface area contributed by atoms with Crippen molar-refractivity contribution in [3.63, 3.8) is 0 Å². The Balaban J connectivity index is 1.26. The lowest BCUT2D eigenvalue weighted by Crippen LogP contribution is -2.18. The molecule has 0 atom stereocenters. The number of nitrogens with two attached hydrogens (primary N) is 1. The van der Waals surface area contributed by atoms with E-state index < -0.39 is 0 Å². The summed E-state index contributed by atoms with van der Waals surface area (Å²) in [7, 11) is 0. The molecule has 2 aromatic carbocycles. The van der Waals surface area contributed by atoms with E-state index in [4.69, 9.17) is 10.5 Å². The summed E-state index contributed by atoms with van der Waals surface area (Å²) in [6, 6.07) is 13.5. The number of anilines is 2. The zero-order chi connectivity index (χ0) is 21.9. The third-order valence-corrected chi connectivity index (χ3v) is 7.09. The molecule has 4 aromatic rings. The van der Waals surface area contributed by atoms with Crippen molar-refractivity contribution in [3.8, 4) is 5.75 Å². The first-order chi connectivity index (χ1) is 15.6. The summed E-state index contributed by atoms with van der Waals surface area (Å²) in [5.41, 5.74) is 9.10. The maximum Gasteiger partial charge on any atom is 0.257 e. The van der Waals surface area contributed by atoms with Crippen LogP contribution in [0.4, 0.5) is 10.3 Å². The molecule has 2 aromatic heterocycles. The minimum atomic E-state index is -0.169. The number of aromatic nitrogens is 2. The molecule has 3 N–H and O–H groups in total. The van der Waals surface area contributed by atoms with Gasteiger partial charge in [0.15, 0.2) is 10.3 Å². The number of nitrogens with zero attached hydrogens (tertiary/aromatic N) is 3. The van der Waals surface area contributed by atoms with Crippen LogP contribution in [0.3, 0.4) is 0 Å². The molecule has 1 saturated heterocycles. The van der Waals surface area contributed by atoms with Gasteiger partial charge in [-0.15, -0.1) is 11.3 Å². The summed E-state index contributed by atoms with van der Waals surface area (Å²) in [6.07, 6.45) is 2.55. The van der Waals surface area contributed by atoms with Gasteiger partial charge < -0.3 is 10.5 Å². The van der Waals surface area contributed by atoms with Gasteiger partial charge in [-0.05, 0) is 55.8 Å². The van der Waals surface area contributed by atoms with E-state index in [0.29, 0.717) is 28.2 Å². The molecule has 7 nitrogen and oxygen atoms in total. The highest BCUT2D eigenvalue weighted by atomic mass is 32.1. The van der Waals surface area contributed by atoms with E-state index in [9.17, 15) is 4.79 Å². The number of benzene rings is 2. The van der Waals surface area contributed by atoms with E-state index in [1.165, 1.54) is 41.1 Å². The smallest absolute Gasteiger partial charge is 0.257 e.